The number of benzene rings is 1. The number of rotatable bonds is 5. The molecule has 94 valence electrons. The van der Waals surface area contributed by atoms with E-state index in [1.54, 1.807) is 25.1 Å². The molecule has 0 bridgehead atoms. The van der Waals surface area contributed by atoms with Gasteiger partial charge in [0, 0.05) is 18.0 Å². The highest BCUT2D eigenvalue weighted by Crippen LogP contribution is 2.16. The van der Waals surface area contributed by atoms with E-state index >= 15 is 0 Å². The third kappa shape index (κ3) is 3.53. The number of hydrogen-bond donors (Lipinski definition) is 2. The highest BCUT2D eigenvalue weighted by Gasteiger charge is 2.18. The van der Waals surface area contributed by atoms with Crippen molar-refractivity contribution in [2.45, 2.75) is 26.3 Å². The lowest BCUT2D eigenvalue weighted by Crippen LogP contribution is -2.36. The molecule has 1 rings (SSSR count). The van der Waals surface area contributed by atoms with Crippen LogP contribution in [0.25, 0.3) is 0 Å². The van der Waals surface area contributed by atoms with Crippen LogP contribution in [0.3, 0.4) is 0 Å². The maximum absolute atomic E-state index is 13.5. The number of amides is 1. The first-order chi connectivity index (χ1) is 8.10. The fourth-order valence-corrected chi connectivity index (χ4v) is 1.69. The Kier molecular flexibility index (Phi) is 5.10. The normalized spacial score (nSPS) is 14.1. The molecule has 1 aromatic carbocycles. The average molecular weight is 238 g/mol. The van der Waals surface area contributed by atoms with Crippen LogP contribution in [0.5, 0.6) is 0 Å². The van der Waals surface area contributed by atoms with E-state index in [4.69, 9.17) is 5.73 Å². The third-order valence-corrected chi connectivity index (χ3v) is 2.88. The Morgan fingerprint density at radius 1 is 1.47 bits per heavy atom. The topological polar surface area (TPSA) is 55.1 Å². The minimum atomic E-state index is -0.343. The van der Waals surface area contributed by atoms with Gasteiger partial charge in [0.05, 0.1) is 6.04 Å². The SMILES string of the molecule is CCC(CN)C(=O)N[C@H](C)c1ccccc1F. The first-order valence-corrected chi connectivity index (χ1v) is 5.85. The Morgan fingerprint density at radius 2 is 2.12 bits per heavy atom. The summed E-state index contributed by atoms with van der Waals surface area (Å²) in [4.78, 5) is 11.8. The van der Waals surface area contributed by atoms with Crippen molar-refractivity contribution in [2.24, 2.45) is 11.7 Å². The molecule has 0 saturated carbocycles. The molecule has 0 heterocycles. The third-order valence-electron chi connectivity index (χ3n) is 2.88. The van der Waals surface area contributed by atoms with E-state index in [0.717, 1.165) is 0 Å². The number of carbonyl (C=O) groups excluding carboxylic acids is 1. The Hall–Kier alpha value is -1.42. The molecule has 0 aromatic heterocycles. The zero-order chi connectivity index (χ0) is 12.8. The van der Waals surface area contributed by atoms with Crippen LogP contribution in [0, 0.1) is 11.7 Å². The molecule has 17 heavy (non-hydrogen) atoms. The van der Waals surface area contributed by atoms with Crippen molar-refractivity contribution >= 4 is 5.91 Å². The van der Waals surface area contributed by atoms with Crippen LogP contribution < -0.4 is 11.1 Å². The summed E-state index contributed by atoms with van der Waals surface area (Å²) < 4.78 is 13.5. The van der Waals surface area contributed by atoms with Gasteiger partial charge in [0.25, 0.3) is 0 Å². The molecule has 1 unspecified atom stereocenters. The number of hydrogen-bond acceptors (Lipinski definition) is 2. The van der Waals surface area contributed by atoms with Crippen molar-refractivity contribution < 1.29 is 9.18 Å². The predicted molar refractivity (Wildman–Crippen MR) is 65.8 cm³/mol. The fourth-order valence-electron chi connectivity index (χ4n) is 1.69. The van der Waals surface area contributed by atoms with Gasteiger partial charge in [0.1, 0.15) is 5.82 Å². The minimum absolute atomic E-state index is 0.120. The van der Waals surface area contributed by atoms with Gasteiger partial charge in [-0.15, -0.1) is 0 Å². The smallest absolute Gasteiger partial charge is 0.224 e. The largest absolute Gasteiger partial charge is 0.349 e. The van der Waals surface area contributed by atoms with Crippen LogP contribution in [0.2, 0.25) is 0 Å². The van der Waals surface area contributed by atoms with Crippen LogP contribution in [-0.4, -0.2) is 12.5 Å². The van der Waals surface area contributed by atoms with Gasteiger partial charge < -0.3 is 11.1 Å². The first kappa shape index (κ1) is 13.6. The minimum Gasteiger partial charge on any atom is -0.349 e. The summed E-state index contributed by atoms with van der Waals surface area (Å²) in [6.07, 6.45) is 0.687. The van der Waals surface area contributed by atoms with E-state index in [-0.39, 0.29) is 23.7 Å². The Labute approximate surface area is 101 Å². The van der Waals surface area contributed by atoms with E-state index in [1.165, 1.54) is 6.07 Å². The summed E-state index contributed by atoms with van der Waals surface area (Å²) in [6.45, 7) is 3.98. The van der Waals surface area contributed by atoms with Gasteiger partial charge in [-0.1, -0.05) is 25.1 Å². The second-order valence-electron chi connectivity index (χ2n) is 4.09. The maximum Gasteiger partial charge on any atom is 0.224 e. The summed E-state index contributed by atoms with van der Waals surface area (Å²) in [6, 6.07) is 6.09. The van der Waals surface area contributed by atoms with Crippen LogP contribution in [0.4, 0.5) is 4.39 Å². The van der Waals surface area contributed by atoms with Crippen molar-refractivity contribution in [2.75, 3.05) is 6.54 Å². The summed E-state index contributed by atoms with van der Waals surface area (Å²) in [5.41, 5.74) is 5.99. The van der Waals surface area contributed by atoms with Crippen LogP contribution in [0.1, 0.15) is 31.9 Å². The Balaban J connectivity index is 2.70. The lowest BCUT2D eigenvalue weighted by molar-refractivity contribution is -0.125. The summed E-state index contributed by atoms with van der Waals surface area (Å²) >= 11 is 0. The van der Waals surface area contributed by atoms with Crippen LogP contribution in [0.15, 0.2) is 24.3 Å². The molecule has 1 aromatic rings. The highest BCUT2D eigenvalue weighted by atomic mass is 19.1. The highest BCUT2D eigenvalue weighted by molar-refractivity contribution is 5.79. The maximum atomic E-state index is 13.5. The zero-order valence-electron chi connectivity index (χ0n) is 10.2. The van der Waals surface area contributed by atoms with Crippen molar-refractivity contribution in [3.63, 3.8) is 0 Å². The molecule has 0 spiro atoms. The lowest BCUT2D eigenvalue weighted by atomic mass is 10.0. The monoisotopic (exact) mass is 238 g/mol. The van der Waals surface area contributed by atoms with E-state index in [0.29, 0.717) is 18.5 Å². The number of halogens is 1. The zero-order valence-corrected chi connectivity index (χ0v) is 10.2. The molecule has 3 N–H and O–H groups in total. The van der Waals surface area contributed by atoms with Crippen molar-refractivity contribution in [3.8, 4) is 0 Å². The molecule has 4 heteroatoms. The van der Waals surface area contributed by atoms with Gasteiger partial charge in [0.15, 0.2) is 0 Å². The second kappa shape index (κ2) is 6.35. The molecule has 0 aliphatic carbocycles. The van der Waals surface area contributed by atoms with Crippen LogP contribution >= 0.6 is 0 Å². The predicted octanol–water partition coefficient (Wildman–Crippen LogP) is 1.99. The molecule has 0 aliphatic rings. The van der Waals surface area contributed by atoms with Crippen molar-refractivity contribution in [1.29, 1.82) is 0 Å². The van der Waals surface area contributed by atoms with E-state index in [2.05, 4.69) is 5.32 Å². The quantitative estimate of drug-likeness (QED) is 0.824. The standard InChI is InChI=1S/C13H19FN2O/c1-3-10(8-15)13(17)16-9(2)11-6-4-5-7-12(11)14/h4-7,9-10H,3,8,15H2,1-2H3,(H,16,17)/t9-,10?/m1/s1. The van der Waals surface area contributed by atoms with E-state index in [9.17, 15) is 9.18 Å². The Morgan fingerprint density at radius 3 is 2.65 bits per heavy atom. The summed E-state index contributed by atoms with van der Waals surface area (Å²) in [5, 5.41) is 2.78. The molecule has 0 fully saturated rings. The van der Waals surface area contributed by atoms with Crippen molar-refractivity contribution in [1.82, 2.24) is 5.32 Å². The molecular weight excluding hydrogens is 219 g/mol. The average Bonchev–Trinajstić information content (AvgIpc) is 2.31. The van der Waals surface area contributed by atoms with Gasteiger partial charge in [-0.05, 0) is 19.4 Å². The van der Waals surface area contributed by atoms with Crippen LogP contribution in [-0.2, 0) is 4.79 Å². The number of carbonyl (C=O) groups is 1. The molecule has 0 saturated heterocycles. The number of nitrogens with two attached hydrogens (primary N) is 1. The molecular formula is C13H19FN2O. The molecule has 0 radical (unpaired) electrons. The second-order valence-corrected chi connectivity index (χ2v) is 4.09. The lowest BCUT2D eigenvalue weighted by Gasteiger charge is -2.18. The Bertz CT molecular complexity index is 377. The first-order valence-electron chi connectivity index (χ1n) is 5.85. The summed E-state index contributed by atoms with van der Waals surface area (Å²) in [5.74, 6) is -0.629. The van der Waals surface area contributed by atoms with Gasteiger partial charge >= 0.3 is 0 Å². The molecule has 0 aliphatic heterocycles. The fraction of sp³-hybridized carbons (Fsp3) is 0.462. The van der Waals surface area contributed by atoms with Gasteiger partial charge in [-0.3, -0.25) is 4.79 Å². The van der Waals surface area contributed by atoms with Gasteiger partial charge in [-0.25, -0.2) is 4.39 Å². The summed E-state index contributed by atoms with van der Waals surface area (Å²) in [7, 11) is 0. The molecule has 1 amide bonds. The van der Waals surface area contributed by atoms with E-state index in [1.807, 2.05) is 6.92 Å². The van der Waals surface area contributed by atoms with Crippen molar-refractivity contribution in [3.05, 3.63) is 35.6 Å². The molecule has 2 atom stereocenters. The van der Waals surface area contributed by atoms with Gasteiger partial charge in [-0.2, -0.15) is 0 Å². The van der Waals surface area contributed by atoms with E-state index < -0.39 is 0 Å². The van der Waals surface area contributed by atoms with Gasteiger partial charge in [0.2, 0.25) is 5.91 Å². The molecule has 3 nitrogen and oxygen atoms in total. The number of nitrogens with one attached hydrogen (secondary N) is 1.